The Morgan fingerprint density at radius 2 is 0.898 bits per heavy atom. The van der Waals surface area contributed by atoms with Gasteiger partial charge in [-0.3, -0.25) is 14.4 Å². The number of para-hydroxylation sites is 2. The van der Waals surface area contributed by atoms with Gasteiger partial charge in [0.05, 0.1) is 34.9 Å². The molecule has 9 heteroatoms. The van der Waals surface area contributed by atoms with Crippen molar-refractivity contribution in [2.75, 3.05) is 28.4 Å². The molecule has 4 aromatic carbocycles. The van der Waals surface area contributed by atoms with E-state index in [1.165, 1.54) is 50.7 Å². The maximum Gasteiger partial charge on any atom is 0.178 e. The minimum Gasteiger partial charge on any atom is -0.504 e. The van der Waals surface area contributed by atoms with Crippen LogP contribution in [0.15, 0.2) is 109 Å². The van der Waals surface area contributed by atoms with Crippen molar-refractivity contribution in [3.63, 3.8) is 0 Å². The molecule has 0 aliphatic carbocycles. The van der Waals surface area contributed by atoms with Crippen LogP contribution in [0.4, 0.5) is 0 Å². The molecular weight excluding hydrogens is 624 g/mol. The number of carbonyl (C=O) groups is 3. The molecule has 0 aromatic heterocycles. The first-order chi connectivity index (χ1) is 23.7. The zero-order valence-corrected chi connectivity index (χ0v) is 27.7. The van der Waals surface area contributed by atoms with Crippen LogP contribution in [-0.4, -0.2) is 56.0 Å². The molecule has 0 bridgehead atoms. The predicted octanol–water partition coefficient (Wildman–Crippen LogP) is 7.37. The van der Waals surface area contributed by atoms with Gasteiger partial charge in [0.25, 0.3) is 0 Å². The number of hydrogen-bond acceptors (Lipinski definition) is 9. The zero-order chi connectivity index (χ0) is 35.6. The Balaban J connectivity index is 0.000000271. The Kier molecular flexibility index (Phi) is 14.6. The molecule has 252 valence electrons. The molecule has 0 fully saturated rings. The van der Waals surface area contributed by atoms with E-state index in [0.717, 1.165) is 22.6 Å². The molecule has 9 nitrogen and oxygen atoms in total. The van der Waals surface area contributed by atoms with E-state index in [9.17, 15) is 24.6 Å². The zero-order valence-electron chi connectivity index (χ0n) is 27.7. The van der Waals surface area contributed by atoms with E-state index in [1.54, 1.807) is 62.8 Å². The highest BCUT2D eigenvalue weighted by atomic mass is 16.5. The highest BCUT2D eigenvalue weighted by Crippen LogP contribution is 2.28. The number of hydrogen-bond donors (Lipinski definition) is 2. The molecule has 0 radical (unpaired) electrons. The van der Waals surface area contributed by atoms with Gasteiger partial charge in [-0.2, -0.15) is 0 Å². The first kappa shape index (κ1) is 37.1. The Bertz CT molecular complexity index is 1730. The Morgan fingerprint density at radius 3 is 1.29 bits per heavy atom. The van der Waals surface area contributed by atoms with Crippen LogP contribution in [0.2, 0.25) is 0 Å². The second-order valence-corrected chi connectivity index (χ2v) is 10.2. The third-order valence-electron chi connectivity index (χ3n) is 6.81. The van der Waals surface area contributed by atoms with Crippen molar-refractivity contribution in [3.05, 3.63) is 131 Å². The van der Waals surface area contributed by atoms with E-state index in [-0.39, 0.29) is 35.3 Å². The third kappa shape index (κ3) is 12.1. The van der Waals surface area contributed by atoms with Crippen LogP contribution >= 0.6 is 0 Å². The minimum atomic E-state index is -0.347. The van der Waals surface area contributed by atoms with E-state index in [0.29, 0.717) is 22.6 Å². The largest absolute Gasteiger partial charge is 0.504 e. The summed E-state index contributed by atoms with van der Waals surface area (Å²) >= 11 is 0. The highest BCUT2D eigenvalue weighted by molar-refractivity contribution is 6.11. The van der Waals surface area contributed by atoms with Gasteiger partial charge in [-0.1, -0.05) is 60.7 Å². The molecule has 2 N–H and O–H groups in total. The lowest BCUT2D eigenvalue weighted by Crippen LogP contribution is -2.01. The number of ketones is 3. The summed E-state index contributed by atoms with van der Waals surface area (Å²) in [5, 5.41) is 19.1. The molecular formula is C40H38O9. The summed E-state index contributed by atoms with van der Waals surface area (Å²) in [6.45, 7) is 0. The van der Waals surface area contributed by atoms with Gasteiger partial charge in [0, 0.05) is 11.1 Å². The number of allylic oxidation sites excluding steroid dienone is 4. The van der Waals surface area contributed by atoms with Crippen molar-refractivity contribution in [3.8, 4) is 34.5 Å². The van der Waals surface area contributed by atoms with Gasteiger partial charge in [-0.05, 0) is 84.0 Å². The van der Waals surface area contributed by atoms with Gasteiger partial charge >= 0.3 is 0 Å². The molecule has 0 unspecified atom stereocenters. The molecule has 0 spiro atoms. The van der Waals surface area contributed by atoms with Crippen molar-refractivity contribution < 1.29 is 43.5 Å². The Hall–Kier alpha value is -6.35. The number of methoxy groups -OCH3 is 4. The molecule has 49 heavy (non-hydrogen) atoms. The first-order valence-electron chi connectivity index (χ1n) is 15.0. The molecule has 0 atom stereocenters. The number of aromatic hydroxyl groups is 2. The molecule has 0 aliphatic rings. The summed E-state index contributed by atoms with van der Waals surface area (Å²) < 4.78 is 20.5. The molecule has 0 saturated carbocycles. The second-order valence-electron chi connectivity index (χ2n) is 10.2. The van der Waals surface area contributed by atoms with E-state index in [4.69, 9.17) is 18.9 Å². The van der Waals surface area contributed by atoms with Gasteiger partial charge in [-0.25, -0.2) is 0 Å². The maximum atomic E-state index is 11.9. The molecule has 0 saturated heterocycles. The van der Waals surface area contributed by atoms with Crippen LogP contribution in [0.1, 0.15) is 28.7 Å². The lowest BCUT2D eigenvalue weighted by atomic mass is 10.1. The SMILES string of the molecule is COc1cc(/C=C/C(=O)CC(=O)/C=C/c2ccc(O)c(OC)c2)ccc1O.COc1ccccc1/C=C/C(=O)/C=C/c1ccccc1OC. The summed E-state index contributed by atoms with van der Waals surface area (Å²) in [5.74, 6) is 1.29. The summed E-state index contributed by atoms with van der Waals surface area (Å²) in [4.78, 5) is 35.8. The van der Waals surface area contributed by atoms with Gasteiger partial charge in [0.2, 0.25) is 0 Å². The van der Waals surface area contributed by atoms with Gasteiger partial charge in [0.1, 0.15) is 11.5 Å². The fraction of sp³-hybridized carbons (Fsp3) is 0.125. The smallest absolute Gasteiger partial charge is 0.178 e. The average Bonchev–Trinajstić information content (AvgIpc) is 3.12. The normalized spacial score (nSPS) is 11.0. The first-order valence-corrected chi connectivity index (χ1v) is 15.0. The van der Waals surface area contributed by atoms with Crippen LogP contribution in [0.3, 0.4) is 0 Å². The topological polar surface area (TPSA) is 129 Å². The monoisotopic (exact) mass is 662 g/mol. The standard InChI is InChI=1S/C21H20O6.C19H18O3/c1-26-20-11-14(5-9-18(20)24)3-7-16(22)13-17(23)8-4-15-6-10-19(25)21(12-15)27-2;1-21-18-9-5-3-7-15(18)11-13-17(20)14-12-16-8-4-6-10-19(16)22-2/h3-12,24-25H,13H2,1-2H3;3-14H,1-2H3/b7-3+,8-4+;13-11+,14-12+. The van der Waals surface area contributed by atoms with Crippen molar-refractivity contribution in [2.24, 2.45) is 0 Å². The number of benzene rings is 4. The fourth-order valence-electron chi connectivity index (χ4n) is 4.27. The van der Waals surface area contributed by atoms with E-state index >= 15 is 0 Å². The number of phenolic OH excluding ortho intramolecular Hbond substituents is 2. The van der Waals surface area contributed by atoms with Crippen molar-refractivity contribution in [1.82, 2.24) is 0 Å². The molecule has 4 rings (SSSR count). The average molecular weight is 663 g/mol. The van der Waals surface area contributed by atoms with Crippen LogP contribution in [0.5, 0.6) is 34.5 Å². The van der Waals surface area contributed by atoms with E-state index in [1.807, 2.05) is 48.5 Å². The number of phenols is 2. The lowest BCUT2D eigenvalue weighted by molar-refractivity contribution is -0.122. The summed E-state index contributed by atoms with van der Waals surface area (Å²) in [6.07, 6.45) is 12.0. The Morgan fingerprint density at radius 1 is 0.510 bits per heavy atom. The van der Waals surface area contributed by atoms with Crippen LogP contribution in [0, 0.1) is 0 Å². The summed E-state index contributed by atoms with van der Waals surface area (Å²) in [7, 11) is 6.08. The van der Waals surface area contributed by atoms with Gasteiger partial charge in [-0.15, -0.1) is 0 Å². The highest BCUT2D eigenvalue weighted by Gasteiger charge is 2.06. The predicted molar refractivity (Wildman–Crippen MR) is 191 cm³/mol. The summed E-state index contributed by atoms with van der Waals surface area (Å²) in [5.41, 5.74) is 3.06. The molecule has 0 aliphatic heterocycles. The summed E-state index contributed by atoms with van der Waals surface area (Å²) in [6, 6.07) is 24.4. The fourth-order valence-corrected chi connectivity index (χ4v) is 4.27. The van der Waals surface area contributed by atoms with Crippen LogP contribution < -0.4 is 18.9 Å². The lowest BCUT2D eigenvalue weighted by Gasteiger charge is -2.03. The number of carbonyl (C=O) groups excluding carboxylic acids is 3. The van der Waals surface area contributed by atoms with Crippen LogP contribution in [-0.2, 0) is 14.4 Å². The Labute approximate surface area is 285 Å². The van der Waals surface area contributed by atoms with Gasteiger partial charge < -0.3 is 29.2 Å². The maximum absolute atomic E-state index is 11.9. The van der Waals surface area contributed by atoms with Crippen molar-refractivity contribution >= 4 is 41.7 Å². The second kappa shape index (κ2) is 19.3. The van der Waals surface area contributed by atoms with Gasteiger partial charge in [0.15, 0.2) is 40.3 Å². The number of rotatable bonds is 14. The molecule has 0 amide bonds. The minimum absolute atomic E-state index is 0.00662. The molecule has 0 heterocycles. The van der Waals surface area contributed by atoms with Crippen molar-refractivity contribution in [1.29, 1.82) is 0 Å². The van der Waals surface area contributed by atoms with Crippen molar-refractivity contribution in [2.45, 2.75) is 6.42 Å². The van der Waals surface area contributed by atoms with Crippen LogP contribution in [0.25, 0.3) is 24.3 Å². The quantitative estimate of drug-likeness (QED) is 0.105. The number of ether oxygens (including phenoxy) is 4. The third-order valence-corrected chi connectivity index (χ3v) is 6.81. The van der Waals surface area contributed by atoms with E-state index < -0.39 is 0 Å². The molecule has 4 aromatic rings. The van der Waals surface area contributed by atoms with E-state index in [2.05, 4.69) is 0 Å².